The van der Waals surface area contributed by atoms with Crippen LogP contribution in [-0.2, 0) is 0 Å². The van der Waals surface area contributed by atoms with Crippen molar-refractivity contribution in [2.75, 3.05) is 6.26 Å². The van der Waals surface area contributed by atoms with Gasteiger partial charge in [-0.25, -0.2) is 0 Å². The minimum absolute atomic E-state index is 0.282. The van der Waals surface area contributed by atoms with Gasteiger partial charge in [-0.05, 0) is 30.9 Å². The van der Waals surface area contributed by atoms with Crippen LogP contribution in [-0.4, -0.2) is 17.5 Å². The van der Waals surface area contributed by atoms with Crippen molar-refractivity contribution in [2.45, 2.75) is 24.0 Å². The summed E-state index contributed by atoms with van der Waals surface area (Å²) in [5, 5.41) is 9.27. The lowest BCUT2D eigenvalue weighted by Crippen LogP contribution is -2.22. The van der Waals surface area contributed by atoms with Crippen LogP contribution in [0.2, 0.25) is 0 Å². The van der Waals surface area contributed by atoms with Crippen molar-refractivity contribution in [1.82, 2.24) is 0 Å². The van der Waals surface area contributed by atoms with Crippen molar-refractivity contribution in [1.29, 1.82) is 0 Å². The van der Waals surface area contributed by atoms with Crippen molar-refractivity contribution in [3.05, 3.63) is 29.8 Å². The van der Waals surface area contributed by atoms with Crippen molar-refractivity contribution in [2.24, 2.45) is 5.73 Å². The molecular formula is C10H15NOS. The van der Waals surface area contributed by atoms with Crippen molar-refractivity contribution < 1.29 is 5.11 Å². The molecule has 13 heavy (non-hydrogen) atoms. The summed E-state index contributed by atoms with van der Waals surface area (Å²) in [4.78, 5) is 1.21. The third kappa shape index (κ3) is 2.72. The minimum atomic E-state index is -0.500. The Hall–Kier alpha value is -0.510. The summed E-state index contributed by atoms with van der Waals surface area (Å²) >= 11 is 1.69. The highest BCUT2D eigenvalue weighted by atomic mass is 32.2. The van der Waals surface area contributed by atoms with Crippen molar-refractivity contribution in [3.8, 4) is 0 Å². The SMILES string of the molecule is CSc1ccc(C(N)C(C)O)cc1. The highest BCUT2D eigenvalue weighted by Gasteiger charge is 2.10. The standard InChI is InChI=1S/C10H15NOS/c1-7(12)10(11)8-3-5-9(13-2)6-4-8/h3-7,10,12H,11H2,1-2H3. The highest BCUT2D eigenvalue weighted by Crippen LogP contribution is 2.19. The van der Waals surface area contributed by atoms with Gasteiger partial charge < -0.3 is 10.8 Å². The molecule has 0 aliphatic rings. The largest absolute Gasteiger partial charge is 0.391 e. The van der Waals surface area contributed by atoms with Crippen LogP contribution in [0, 0.1) is 0 Å². The molecule has 2 nitrogen and oxygen atoms in total. The van der Waals surface area contributed by atoms with E-state index in [9.17, 15) is 5.11 Å². The molecule has 0 aliphatic heterocycles. The van der Waals surface area contributed by atoms with Gasteiger partial charge in [0.05, 0.1) is 12.1 Å². The summed E-state index contributed by atoms with van der Waals surface area (Å²) in [6, 6.07) is 7.67. The summed E-state index contributed by atoms with van der Waals surface area (Å²) in [6.45, 7) is 1.70. The Balaban J connectivity index is 2.79. The first kappa shape index (κ1) is 10.6. The molecule has 1 aromatic carbocycles. The summed E-state index contributed by atoms with van der Waals surface area (Å²) in [7, 11) is 0. The molecule has 0 heterocycles. The molecule has 2 unspecified atom stereocenters. The van der Waals surface area contributed by atoms with Gasteiger partial charge in [0.2, 0.25) is 0 Å². The van der Waals surface area contributed by atoms with E-state index in [2.05, 4.69) is 0 Å². The van der Waals surface area contributed by atoms with E-state index in [4.69, 9.17) is 5.73 Å². The second-order valence-electron chi connectivity index (χ2n) is 3.04. The van der Waals surface area contributed by atoms with E-state index >= 15 is 0 Å². The van der Waals surface area contributed by atoms with Crippen LogP contribution in [0.1, 0.15) is 18.5 Å². The Morgan fingerprint density at radius 2 is 1.85 bits per heavy atom. The quantitative estimate of drug-likeness (QED) is 0.726. The molecule has 0 fully saturated rings. The molecule has 0 saturated carbocycles. The number of aliphatic hydroxyl groups excluding tert-OH is 1. The molecule has 3 heteroatoms. The van der Waals surface area contributed by atoms with Gasteiger partial charge in [-0.2, -0.15) is 0 Å². The minimum Gasteiger partial charge on any atom is -0.391 e. The predicted octanol–water partition coefficient (Wildman–Crippen LogP) is 1.79. The molecule has 0 aliphatic carbocycles. The van der Waals surface area contributed by atoms with E-state index in [0.717, 1.165) is 5.56 Å². The maximum atomic E-state index is 9.27. The number of hydrogen-bond acceptors (Lipinski definition) is 3. The molecule has 3 N–H and O–H groups in total. The van der Waals surface area contributed by atoms with Gasteiger partial charge >= 0.3 is 0 Å². The molecule has 0 aromatic heterocycles. The van der Waals surface area contributed by atoms with Gasteiger partial charge in [-0.3, -0.25) is 0 Å². The third-order valence-electron chi connectivity index (χ3n) is 2.02. The number of aliphatic hydroxyl groups is 1. The molecular weight excluding hydrogens is 182 g/mol. The molecule has 0 saturated heterocycles. The average molecular weight is 197 g/mol. The van der Waals surface area contributed by atoms with E-state index in [1.165, 1.54) is 4.90 Å². The molecule has 72 valence electrons. The van der Waals surface area contributed by atoms with Gasteiger partial charge in [0, 0.05) is 4.90 Å². The Morgan fingerprint density at radius 1 is 1.31 bits per heavy atom. The fourth-order valence-corrected chi connectivity index (χ4v) is 1.51. The van der Waals surface area contributed by atoms with Crippen molar-refractivity contribution >= 4 is 11.8 Å². The van der Waals surface area contributed by atoms with Crippen LogP contribution < -0.4 is 5.73 Å². The lowest BCUT2D eigenvalue weighted by Gasteiger charge is -2.14. The Kier molecular flexibility index (Phi) is 3.78. The van der Waals surface area contributed by atoms with Gasteiger partial charge in [0.25, 0.3) is 0 Å². The zero-order valence-corrected chi connectivity index (χ0v) is 8.71. The Labute approximate surface area is 83.1 Å². The van der Waals surface area contributed by atoms with Crippen LogP contribution in [0.5, 0.6) is 0 Å². The molecule has 0 radical (unpaired) electrons. The van der Waals surface area contributed by atoms with Crippen LogP contribution in [0.3, 0.4) is 0 Å². The second-order valence-corrected chi connectivity index (χ2v) is 3.92. The van der Waals surface area contributed by atoms with Crippen molar-refractivity contribution in [3.63, 3.8) is 0 Å². The average Bonchev–Trinajstić information content (AvgIpc) is 2.17. The molecule has 2 atom stereocenters. The second kappa shape index (κ2) is 4.65. The summed E-state index contributed by atoms with van der Waals surface area (Å²) in [5.41, 5.74) is 6.75. The van der Waals surface area contributed by atoms with E-state index in [0.29, 0.717) is 0 Å². The number of nitrogens with two attached hydrogens (primary N) is 1. The molecule has 0 spiro atoms. The van der Waals surface area contributed by atoms with E-state index < -0.39 is 6.10 Å². The maximum Gasteiger partial charge on any atom is 0.0704 e. The number of thioether (sulfide) groups is 1. The summed E-state index contributed by atoms with van der Waals surface area (Å²) < 4.78 is 0. The molecule has 0 amide bonds. The lowest BCUT2D eigenvalue weighted by atomic mass is 10.0. The fraction of sp³-hybridized carbons (Fsp3) is 0.400. The van der Waals surface area contributed by atoms with E-state index in [1.54, 1.807) is 18.7 Å². The molecule has 0 bridgehead atoms. The highest BCUT2D eigenvalue weighted by molar-refractivity contribution is 7.98. The first-order valence-electron chi connectivity index (χ1n) is 4.22. The zero-order valence-electron chi connectivity index (χ0n) is 7.90. The smallest absolute Gasteiger partial charge is 0.0704 e. The maximum absolute atomic E-state index is 9.27. The molecule has 1 rings (SSSR count). The first-order chi connectivity index (χ1) is 6.15. The summed E-state index contributed by atoms with van der Waals surface area (Å²) in [6.07, 6.45) is 1.53. The summed E-state index contributed by atoms with van der Waals surface area (Å²) in [5.74, 6) is 0. The van der Waals surface area contributed by atoms with Crippen LogP contribution in [0.25, 0.3) is 0 Å². The van der Waals surface area contributed by atoms with Crippen LogP contribution >= 0.6 is 11.8 Å². The monoisotopic (exact) mass is 197 g/mol. The third-order valence-corrected chi connectivity index (χ3v) is 2.76. The topological polar surface area (TPSA) is 46.2 Å². The lowest BCUT2D eigenvalue weighted by molar-refractivity contribution is 0.164. The number of rotatable bonds is 3. The van der Waals surface area contributed by atoms with Gasteiger partial charge in [-0.15, -0.1) is 11.8 Å². The fourth-order valence-electron chi connectivity index (χ4n) is 1.10. The van der Waals surface area contributed by atoms with Crippen LogP contribution in [0.4, 0.5) is 0 Å². The Morgan fingerprint density at radius 3 is 2.23 bits per heavy atom. The van der Waals surface area contributed by atoms with E-state index in [1.807, 2.05) is 30.5 Å². The zero-order chi connectivity index (χ0) is 9.84. The van der Waals surface area contributed by atoms with Gasteiger partial charge in [0.15, 0.2) is 0 Å². The number of benzene rings is 1. The van der Waals surface area contributed by atoms with E-state index in [-0.39, 0.29) is 6.04 Å². The van der Waals surface area contributed by atoms with Crippen LogP contribution in [0.15, 0.2) is 29.2 Å². The normalized spacial score (nSPS) is 15.4. The number of hydrogen-bond donors (Lipinski definition) is 2. The molecule has 1 aromatic rings. The van der Waals surface area contributed by atoms with Gasteiger partial charge in [-0.1, -0.05) is 12.1 Å². The van der Waals surface area contributed by atoms with Gasteiger partial charge in [0.1, 0.15) is 0 Å². The Bertz CT molecular complexity index is 258. The first-order valence-corrected chi connectivity index (χ1v) is 5.45. The predicted molar refractivity (Wildman–Crippen MR) is 56.8 cm³/mol.